The number of rotatable bonds is 11. The Bertz CT molecular complexity index is 567. The molecular weight excluding hydrogens is 314 g/mol. The SMILES string of the molecule is CCCCC[C@H](/C=C/OCOC)NS(=O)(=O)c1ccc(C)cc1. The summed E-state index contributed by atoms with van der Waals surface area (Å²) in [4.78, 5) is 0.273. The van der Waals surface area contributed by atoms with Crippen LogP contribution in [0.5, 0.6) is 0 Å². The molecule has 1 N–H and O–H groups in total. The summed E-state index contributed by atoms with van der Waals surface area (Å²) in [6, 6.07) is 6.51. The van der Waals surface area contributed by atoms with Crippen molar-refractivity contribution in [3.63, 3.8) is 0 Å². The first kappa shape index (κ1) is 19.7. The lowest BCUT2D eigenvalue weighted by atomic mass is 10.1. The minimum absolute atomic E-state index is 0.142. The van der Waals surface area contributed by atoms with Crippen LogP contribution in [0.3, 0.4) is 0 Å². The third-order valence-corrected chi connectivity index (χ3v) is 4.86. The monoisotopic (exact) mass is 341 g/mol. The third kappa shape index (κ3) is 7.63. The van der Waals surface area contributed by atoms with Crippen LogP contribution in [-0.2, 0) is 19.5 Å². The minimum atomic E-state index is -3.54. The van der Waals surface area contributed by atoms with Crippen LogP contribution in [0.4, 0.5) is 0 Å². The van der Waals surface area contributed by atoms with Gasteiger partial charge < -0.3 is 9.47 Å². The Labute approximate surface area is 139 Å². The molecule has 0 fully saturated rings. The molecule has 0 aromatic heterocycles. The number of ether oxygens (including phenoxy) is 2. The zero-order valence-corrected chi connectivity index (χ0v) is 14.9. The first-order chi connectivity index (χ1) is 11.0. The van der Waals surface area contributed by atoms with Gasteiger partial charge in [-0.3, -0.25) is 0 Å². The van der Waals surface area contributed by atoms with Crippen molar-refractivity contribution < 1.29 is 17.9 Å². The first-order valence-corrected chi connectivity index (χ1v) is 9.34. The summed E-state index contributed by atoms with van der Waals surface area (Å²) in [5.41, 5.74) is 1.02. The van der Waals surface area contributed by atoms with Crippen molar-refractivity contribution >= 4 is 10.0 Å². The molecule has 130 valence electrons. The third-order valence-electron chi connectivity index (χ3n) is 3.35. The van der Waals surface area contributed by atoms with Gasteiger partial charge in [0.15, 0.2) is 6.79 Å². The number of sulfonamides is 1. The van der Waals surface area contributed by atoms with Gasteiger partial charge in [-0.1, -0.05) is 43.9 Å². The predicted octanol–water partition coefficient (Wildman–Crippen LogP) is 3.36. The second kappa shape index (κ2) is 10.4. The molecule has 0 unspecified atom stereocenters. The number of methoxy groups -OCH3 is 1. The van der Waals surface area contributed by atoms with E-state index in [0.29, 0.717) is 0 Å². The Hall–Kier alpha value is -1.37. The fourth-order valence-electron chi connectivity index (χ4n) is 2.05. The average Bonchev–Trinajstić information content (AvgIpc) is 2.51. The van der Waals surface area contributed by atoms with Gasteiger partial charge in [0.25, 0.3) is 0 Å². The van der Waals surface area contributed by atoms with Gasteiger partial charge in [-0.2, -0.15) is 0 Å². The number of hydrogen-bond acceptors (Lipinski definition) is 4. The minimum Gasteiger partial charge on any atom is -0.475 e. The fourth-order valence-corrected chi connectivity index (χ4v) is 3.28. The van der Waals surface area contributed by atoms with Crippen LogP contribution >= 0.6 is 0 Å². The molecule has 0 aliphatic rings. The molecule has 6 heteroatoms. The number of unbranched alkanes of at least 4 members (excludes halogenated alkanes) is 2. The molecule has 1 rings (SSSR count). The van der Waals surface area contributed by atoms with Crippen molar-refractivity contribution in [3.8, 4) is 0 Å². The zero-order valence-electron chi connectivity index (χ0n) is 14.1. The smallest absolute Gasteiger partial charge is 0.241 e. The van der Waals surface area contributed by atoms with E-state index in [2.05, 4.69) is 11.6 Å². The molecular formula is C17H27NO4S. The van der Waals surface area contributed by atoms with Crippen LogP contribution in [0.15, 0.2) is 41.5 Å². The normalized spacial score (nSPS) is 13.3. The first-order valence-electron chi connectivity index (χ1n) is 7.85. The van der Waals surface area contributed by atoms with E-state index in [0.717, 1.165) is 31.2 Å². The Morgan fingerprint density at radius 1 is 1.22 bits per heavy atom. The number of benzene rings is 1. The van der Waals surface area contributed by atoms with E-state index < -0.39 is 10.0 Å². The van der Waals surface area contributed by atoms with Gasteiger partial charge in [-0.15, -0.1) is 0 Å². The Kier molecular flexibility index (Phi) is 8.91. The van der Waals surface area contributed by atoms with E-state index in [1.165, 1.54) is 13.4 Å². The maximum atomic E-state index is 12.5. The van der Waals surface area contributed by atoms with E-state index in [1.54, 1.807) is 30.3 Å². The molecule has 1 aromatic rings. The summed E-state index contributed by atoms with van der Waals surface area (Å²) in [5, 5.41) is 0. The summed E-state index contributed by atoms with van der Waals surface area (Å²) >= 11 is 0. The summed E-state index contributed by atoms with van der Waals surface area (Å²) in [6.45, 7) is 4.18. The lowest BCUT2D eigenvalue weighted by molar-refractivity contribution is 0.0195. The lowest BCUT2D eigenvalue weighted by Gasteiger charge is -2.15. The molecule has 1 atom stereocenters. The highest BCUT2D eigenvalue weighted by molar-refractivity contribution is 7.89. The van der Waals surface area contributed by atoms with Crippen LogP contribution in [0.2, 0.25) is 0 Å². The van der Waals surface area contributed by atoms with Crippen LogP contribution in [0.1, 0.15) is 38.2 Å². The summed E-state index contributed by atoms with van der Waals surface area (Å²) < 4.78 is 37.6. The Morgan fingerprint density at radius 3 is 2.52 bits per heavy atom. The zero-order chi connectivity index (χ0) is 17.1. The van der Waals surface area contributed by atoms with Gasteiger partial charge in [0, 0.05) is 13.2 Å². The number of aryl methyl sites for hydroxylation is 1. The molecule has 0 aliphatic carbocycles. The van der Waals surface area contributed by atoms with E-state index in [-0.39, 0.29) is 17.7 Å². The van der Waals surface area contributed by atoms with Gasteiger partial charge in [-0.25, -0.2) is 13.1 Å². The number of hydrogen-bond donors (Lipinski definition) is 1. The molecule has 23 heavy (non-hydrogen) atoms. The molecule has 0 bridgehead atoms. The summed E-state index contributed by atoms with van der Waals surface area (Å²) in [6.07, 6.45) is 7.03. The summed E-state index contributed by atoms with van der Waals surface area (Å²) in [7, 11) is -2.01. The summed E-state index contributed by atoms with van der Waals surface area (Å²) in [5.74, 6) is 0. The van der Waals surface area contributed by atoms with E-state index in [4.69, 9.17) is 9.47 Å². The lowest BCUT2D eigenvalue weighted by Crippen LogP contribution is -2.33. The van der Waals surface area contributed by atoms with Gasteiger partial charge >= 0.3 is 0 Å². The molecule has 5 nitrogen and oxygen atoms in total. The Morgan fingerprint density at radius 2 is 1.91 bits per heavy atom. The standard InChI is InChI=1S/C17H27NO4S/c1-4-5-6-7-16(12-13-22-14-21-3)18-23(19,20)17-10-8-15(2)9-11-17/h8-13,16,18H,4-7,14H2,1-3H3/b13-12+/t16-/m1/s1. The maximum Gasteiger partial charge on any atom is 0.241 e. The predicted molar refractivity (Wildman–Crippen MR) is 91.5 cm³/mol. The molecule has 0 heterocycles. The fraction of sp³-hybridized carbons (Fsp3) is 0.529. The van der Waals surface area contributed by atoms with Crippen molar-refractivity contribution in [1.82, 2.24) is 4.72 Å². The van der Waals surface area contributed by atoms with Crippen molar-refractivity contribution in [2.45, 2.75) is 50.5 Å². The van der Waals surface area contributed by atoms with Gasteiger partial charge in [0.2, 0.25) is 10.0 Å². The van der Waals surface area contributed by atoms with E-state index in [9.17, 15) is 8.42 Å². The highest BCUT2D eigenvalue weighted by Crippen LogP contribution is 2.13. The van der Waals surface area contributed by atoms with Gasteiger partial charge in [0.05, 0.1) is 11.2 Å². The van der Waals surface area contributed by atoms with Crippen molar-refractivity contribution in [2.75, 3.05) is 13.9 Å². The van der Waals surface area contributed by atoms with Crippen LogP contribution in [-0.4, -0.2) is 28.4 Å². The van der Waals surface area contributed by atoms with Crippen LogP contribution < -0.4 is 4.72 Å². The topological polar surface area (TPSA) is 64.6 Å². The average molecular weight is 341 g/mol. The molecule has 0 aliphatic heterocycles. The van der Waals surface area contributed by atoms with Gasteiger partial charge in [0.1, 0.15) is 0 Å². The molecule has 0 spiro atoms. The quantitative estimate of drug-likeness (QED) is 0.381. The highest BCUT2D eigenvalue weighted by Gasteiger charge is 2.18. The molecule has 0 amide bonds. The molecule has 1 aromatic carbocycles. The maximum absolute atomic E-state index is 12.5. The van der Waals surface area contributed by atoms with Crippen molar-refractivity contribution in [1.29, 1.82) is 0 Å². The van der Waals surface area contributed by atoms with Gasteiger partial charge in [-0.05, 0) is 31.6 Å². The number of nitrogens with one attached hydrogen (secondary N) is 1. The van der Waals surface area contributed by atoms with Crippen LogP contribution in [0, 0.1) is 6.92 Å². The molecule has 0 saturated carbocycles. The second-order valence-electron chi connectivity index (χ2n) is 5.44. The van der Waals surface area contributed by atoms with Crippen molar-refractivity contribution in [3.05, 3.63) is 42.2 Å². The second-order valence-corrected chi connectivity index (χ2v) is 7.15. The Balaban J connectivity index is 2.76. The highest BCUT2D eigenvalue weighted by atomic mass is 32.2. The van der Waals surface area contributed by atoms with Crippen molar-refractivity contribution in [2.24, 2.45) is 0 Å². The largest absolute Gasteiger partial charge is 0.475 e. The van der Waals surface area contributed by atoms with Crippen LogP contribution in [0.25, 0.3) is 0 Å². The van der Waals surface area contributed by atoms with E-state index >= 15 is 0 Å². The molecule has 0 radical (unpaired) electrons. The van der Waals surface area contributed by atoms with E-state index in [1.807, 2.05) is 6.92 Å². The molecule has 0 saturated heterocycles.